The molecular formula is C18H26O2. The summed E-state index contributed by atoms with van der Waals surface area (Å²) in [5.41, 5.74) is 1.24. The number of ether oxygens (including phenoxy) is 2. The van der Waals surface area contributed by atoms with Gasteiger partial charge in [0, 0.05) is 12.3 Å². The van der Waals surface area contributed by atoms with Crippen LogP contribution in [0.15, 0.2) is 30.3 Å². The van der Waals surface area contributed by atoms with Gasteiger partial charge < -0.3 is 9.47 Å². The van der Waals surface area contributed by atoms with E-state index in [4.69, 9.17) is 9.47 Å². The third-order valence-electron chi connectivity index (χ3n) is 4.97. The lowest BCUT2D eigenvalue weighted by Crippen LogP contribution is -2.46. The first kappa shape index (κ1) is 14.1. The summed E-state index contributed by atoms with van der Waals surface area (Å²) in [7, 11) is 0. The van der Waals surface area contributed by atoms with Crippen molar-refractivity contribution >= 4 is 0 Å². The van der Waals surface area contributed by atoms with Crippen LogP contribution in [0.3, 0.4) is 0 Å². The number of hydrogen-bond acceptors (Lipinski definition) is 2. The van der Waals surface area contributed by atoms with Gasteiger partial charge in [0.25, 0.3) is 0 Å². The molecule has 2 fully saturated rings. The Labute approximate surface area is 122 Å². The van der Waals surface area contributed by atoms with Crippen molar-refractivity contribution in [3.05, 3.63) is 35.9 Å². The van der Waals surface area contributed by atoms with Crippen molar-refractivity contribution in [1.82, 2.24) is 0 Å². The third-order valence-corrected chi connectivity index (χ3v) is 4.97. The van der Waals surface area contributed by atoms with E-state index in [-0.39, 0.29) is 11.9 Å². The van der Waals surface area contributed by atoms with Crippen LogP contribution in [0.25, 0.3) is 0 Å². The Bertz CT molecular complexity index is 442. The minimum atomic E-state index is -0.341. The van der Waals surface area contributed by atoms with Gasteiger partial charge in [0.05, 0.1) is 6.61 Å². The van der Waals surface area contributed by atoms with E-state index in [9.17, 15) is 0 Å². The van der Waals surface area contributed by atoms with Crippen LogP contribution in [0.4, 0.5) is 0 Å². The first-order valence-corrected chi connectivity index (χ1v) is 7.97. The van der Waals surface area contributed by atoms with Crippen molar-refractivity contribution in [2.45, 2.75) is 51.9 Å². The zero-order valence-corrected chi connectivity index (χ0v) is 12.8. The maximum absolute atomic E-state index is 6.50. The van der Waals surface area contributed by atoms with Gasteiger partial charge in [-0.15, -0.1) is 0 Å². The van der Waals surface area contributed by atoms with Crippen LogP contribution < -0.4 is 0 Å². The molecule has 0 radical (unpaired) electrons. The average Bonchev–Trinajstić information content (AvgIpc) is 2.83. The van der Waals surface area contributed by atoms with E-state index in [1.165, 1.54) is 18.4 Å². The molecule has 0 amide bonds. The molecule has 1 saturated heterocycles. The highest BCUT2D eigenvalue weighted by atomic mass is 16.7. The summed E-state index contributed by atoms with van der Waals surface area (Å²) in [6.45, 7) is 7.61. The Morgan fingerprint density at radius 3 is 2.60 bits per heavy atom. The standard InChI is InChI=1S/C18H26O2/c1-13(2)16-10-9-14(3)11-18(16)19-12-17(20-18)15-7-5-4-6-8-15/h4-8,13-14,16-17H,9-12H2,1-3H3. The van der Waals surface area contributed by atoms with E-state index in [2.05, 4.69) is 51.1 Å². The van der Waals surface area contributed by atoms with Crippen LogP contribution in [0.1, 0.15) is 51.7 Å². The normalized spacial score (nSPS) is 37.7. The molecule has 20 heavy (non-hydrogen) atoms. The first-order chi connectivity index (χ1) is 9.61. The average molecular weight is 274 g/mol. The highest BCUT2D eigenvalue weighted by Crippen LogP contribution is 2.49. The van der Waals surface area contributed by atoms with Gasteiger partial charge in [-0.2, -0.15) is 0 Å². The van der Waals surface area contributed by atoms with Crippen LogP contribution in [-0.2, 0) is 9.47 Å². The van der Waals surface area contributed by atoms with Crippen molar-refractivity contribution < 1.29 is 9.47 Å². The van der Waals surface area contributed by atoms with Gasteiger partial charge in [-0.05, 0) is 23.8 Å². The lowest BCUT2D eigenvalue weighted by atomic mass is 9.73. The molecule has 0 N–H and O–H groups in total. The molecular weight excluding hydrogens is 248 g/mol. The predicted molar refractivity (Wildman–Crippen MR) is 80.3 cm³/mol. The molecule has 2 heteroatoms. The Morgan fingerprint density at radius 1 is 1.15 bits per heavy atom. The number of benzene rings is 1. The van der Waals surface area contributed by atoms with Gasteiger partial charge in [0.15, 0.2) is 5.79 Å². The van der Waals surface area contributed by atoms with Gasteiger partial charge >= 0.3 is 0 Å². The minimum absolute atomic E-state index is 0.0998. The molecule has 0 aromatic heterocycles. The monoisotopic (exact) mass is 274 g/mol. The summed E-state index contributed by atoms with van der Waals surface area (Å²) in [6, 6.07) is 10.5. The Balaban J connectivity index is 1.81. The van der Waals surface area contributed by atoms with Crippen LogP contribution in [0.5, 0.6) is 0 Å². The van der Waals surface area contributed by atoms with Gasteiger partial charge in [0.1, 0.15) is 6.10 Å². The smallest absolute Gasteiger partial charge is 0.172 e. The molecule has 2 nitrogen and oxygen atoms in total. The molecule has 1 aromatic carbocycles. The lowest BCUT2D eigenvalue weighted by molar-refractivity contribution is -0.239. The summed E-state index contributed by atoms with van der Waals surface area (Å²) in [4.78, 5) is 0. The largest absolute Gasteiger partial charge is 0.347 e. The quantitative estimate of drug-likeness (QED) is 0.787. The Kier molecular flexibility index (Phi) is 3.87. The summed E-state index contributed by atoms with van der Waals surface area (Å²) < 4.78 is 12.8. The molecule has 110 valence electrons. The fourth-order valence-electron chi connectivity index (χ4n) is 3.92. The van der Waals surface area contributed by atoms with Crippen molar-refractivity contribution in [3.8, 4) is 0 Å². The third kappa shape index (κ3) is 2.51. The molecule has 1 heterocycles. The van der Waals surface area contributed by atoms with E-state index in [0.717, 1.165) is 6.42 Å². The molecule has 2 aliphatic rings. The van der Waals surface area contributed by atoms with Gasteiger partial charge in [-0.3, -0.25) is 0 Å². The van der Waals surface area contributed by atoms with Crippen LogP contribution in [0, 0.1) is 17.8 Å². The van der Waals surface area contributed by atoms with Gasteiger partial charge in [-0.1, -0.05) is 57.5 Å². The van der Waals surface area contributed by atoms with E-state index in [1.54, 1.807) is 0 Å². The molecule has 1 aliphatic heterocycles. The molecule has 1 aliphatic carbocycles. The maximum Gasteiger partial charge on any atom is 0.172 e. The fourth-order valence-corrected chi connectivity index (χ4v) is 3.92. The molecule has 1 spiro atoms. The summed E-state index contributed by atoms with van der Waals surface area (Å²) >= 11 is 0. The molecule has 0 bridgehead atoms. The van der Waals surface area contributed by atoms with E-state index in [0.29, 0.717) is 24.4 Å². The number of rotatable bonds is 2. The van der Waals surface area contributed by atoms with E-state index >= 15 is 0 Å². The molecule has 4 unspecified atom stereocenters. The van der Waals surface area contributed by atoms with Crippen LogP contribution >= 0.6 is 0 Å². The Hall–Kier alpha value is -0.860. The summed E-state index contributed by atoms with van der Waals surface area (Å²) in [5.74, 6) is 1.48. The predicted octanol–water partition coefficient (Wildman–Crippen LogP) is 4.56. The zero-order chi connectivity index (χ0) is 14.2. The SMILES string of the molecule is CC1CCC(C(C)C)C2(C1)OCC(c1ccccc1)O2. The topological polar surface area (TPSA) is 18.5 Å². The second-order valence-corrected chi connectivity index (χ2v) is 6.88. The van der Waals surface area contributed by atoms with E-state index < -0.39 is 0 Å². The zero-order valence-electron chi connectivity index (χ0n) is 12.8. The lowest BCUT2D eigenvalue weighted by Gasteiger charge is -2.44. The minimum Gasteiger partial charge on any atom is -0.347 e. The van der Waals surface area contributed by atoms with Gasteiger partial charge in [-0.25, -0.2) is 0 Å². The Morgan fingerprint density at radius 2 is 1.90 bits per heavy atom. The highest BCUT2D eigenvalue weighted by molar-refractivity contribution is 5.18. The van der Waals surface area contributed by atoms with Crippen molar-refractivity contribution in [3.63, 3.8) is 0 Å². The first-order valence-electron chi connectivity index (χ1n) is 7.97. The van der Waals surface area contributed by atoms with Crippen LogP contribution in [0.2, 0.25) is 0 Å². The van der Waals surface area contributed by atoms with Crippen molar-refractivity contribution in [1.29, 1.82) is 0 Å². The summed E-state index contributed by atoms with van der Waals surface area (Å²) in [6.07, 6.45) is 3.66. The molecule has 1 saturated carbocycles. The maximum atomic E-state index is 6.50. The van der Waals surface area contributed by atoms with Gasteiger partial charge in [0.2, 0.25) is 0 Å². The molecule has 4 atom stereocenters. The second-order valence-electron chi connectivity index (χ2n) is 6.88. The van der Waals surface area contributed by atoms with Crippen molar-refractivity contribution in [2.75, 3.05) is 6.61 Å². The number of hydrogen-bond donors (Lipinski definition) is 0. The fraction of sp³-hybridized carbons (Fsp3) is 0.667. The highest BCUT2D eigenvalue weighted by Gasteiger charge is 2.51. The molecule has 1 aromatic rings. The molecule has 3 rings (SSSR count). The van der Waals surface area contributed by atoms with E-state index in [1.807, 2.05) is 0 Å². The van der Waals surface area contributed by atoms with Crippen LogP contribution in [-0.4, -0.2) is 12.4 Å². The van der Waals surface area contributed by atoms with Crippen molar-refractivity contribution in [2.24, 2.45) is 17.8 Å². The second kappa shape index (κ2) is 5.50. The summed E-state index contributed by atoms with van der Waals surface area (Å²) in [5, 5.41) is 0.